The highest BCUT2D eigenvalue weighted by molar-refractivity contribution is 6.34. The van der Waals surface area contributed by atoms with Crippen LogP contribution in [-0.2, 0) is 4.79 Å². The van der Waals surface area contributed by atoms with E-state index in [1.165, 1.54) is 12.1 Å². The second-order valence-electron chi connectivity index (χ2n) is 8.56. The molecular formula is C24H22ClFN4O2. The van der Waals surface area contributed by atoms with Crippen molar-refractivity contribution in [2.75, 3.05) is 11.4 Å². The largest absolute Gasteiger partial charge is 0.349 e. The first-order chi connectivity index (χ1) is 15.5. The van der Waals surface area contributed by atoms with Crippen molar-refractivity contribution in [3.63, 3.8) is 0 Å². The molecular weight excluding hydrogens is 431 g/mol. The molecule has 2 aromatic heterocycles. The third kappa shape index (κ3) is 3.60. The molecule has 0 unspecified atom stereocenters. The molecule has 3 aromatic rings. The number of nitrogens with one attached hydrogen (secondary N) is 1. The first-order valence-corrected chi connectivity index (χ1v) is 11.1. The monoisotopic (exact) mass is 452 g/mol. The zero-order valence-electron chi connectivity index (χ0n) is 17.4. The van der Waals surface area contributed by atoms with Crippen LogP contribution in [0.15, 0.2) is 48.8 Å². The van der Waals surface area contributed by atoms with Gasteiger partial charge in [-0.15, -0.1) is 0 Å². The van der Waals surface area contributed by atoms with Gasteiger partial charge in [0.05, 0.1) is 27.2 Å². The first-order valence-electron chi connectivity index (χ1n) is 10.7. The van der Waals surface area contributed by atoms with Gasteiger partial charge in [0.1, 0.15) is 11.3 Å². The maximum Gasteiger partial charge on any atom is 0.253 e. The maximum atomic E-state index is 13.4. The van der Waals surface area contributed by atoms with Gasteiger partial charge in [-0.05, 0) is 68.5 Å². The number of halogens is 2. The van der Waals surface area contributed by atoms with Crippen molar-refractivity contribution in [2.24, 2.45) is 5.41 Å². The molecule has 32 heavy (non-hydrogen) atoms. The van der Waals surface area contributed by atoms with E-state index in [1.807, 2.05) is 6.07 Å². The van der Waals surface area contributed by atoms with Gasteiger partial charge >= 0.3 is 0 Å². The standard InChI is InChI=1S/C24H22ClFN4O2/c25-18-14-15(26)3-4-20(18)30-13-10-24(23(30)32)8-5-16(6-9-24)29-22(31)17-7-12-27-19-2-1-11-28-21(17)19/h1-4,7,11-12,14,16H,5-6,8-10,13H2,(H,29,31)/t16-,24-. The molecule has 2 aliphatic rings. The zero-order chi connectivity index (χ0) is 22.3. The van der Waals surface area contributed by atoms with Gasteiger partial charge in [-0.2, -0.15) is 0 Å². The molecule has 1 spiro atoms. The predicted molar refractivity (Wildman–Crippen MR) is 120 cm³/mol. The highest BCUT2D eigenvalue weighted by atomic mass is 35.5. The second-order valence-corrected chi connectivity index (χ2v) is 8.97. The van der Waals surface area contributed by atoms with Gasteiger partial charge in [-0.3, -0.25) is 19.6 Å². The highest BCUT2D eigenvalue weighted by Gasteiger charge is 2.49. The number of carbonyl (C=O) groups is 2. The van der Waals surface area contributed by atoms with Gasteiger partial charge in [-0.25, -0.2) is 4.39 Å². The van der Waals surface area contributed by atoms with Crippen molar-refractivity contribution in [1.82, 2.24) is 15.3 Å². The Balaban J connectivity index is 1.26. The van der Waals surface area contributed by atoms with Crippen LogP contribution in [0.3, 0.4) is 0 Å². The van der Waals surface area contributed by atoms with Crippen LogP contribution in [0.25, 0.3) is 11.0 Å². The minimum Gasteiger partial charge on any atom is -0.349 e. The third-order valence-electron chi connectivity index (χ3n) is 6.73. The minimum absolute atomic E-state index is 0.00342. The van der Waals surface area contributed by atoms with Crippen molar-refractivity contribution in [3.05, 3.63) is 65.2 Å². The van der Waals surface area contributed by atoms with E-state index in [1.54, 1.807) is 35.5 Å². The molecule has 6 nitrogen and oxygen atoms in total. The fourth-order valence-electron chi connectivity index (χ4n) is 4.96. The number of hydrogen-bond acceptors (Lipinski definition) is 4. The van der Waals surface area contributed by atoms with Crippen LogP contribution in [-0.4, -0.2) is 34.4 Å². The lowest BCUT2D eigenvalue weighted by molar-refractivity contribution is -0.127. The van der Waals surface area contributed by atoms with Gasteiger partial charge in [0.25, 0.3) is 5.91 Å². The average Bonchev–Trinajstić information content (AvgIpc) is 3.10. The molecule has 1 saturated carbocycles. The summed E-state index contributed by atoms with van der Waals surface area (Å²) in [5, 5.41) is 3.36. The number of aromatic nitrogens is 2. The lowest BCUT2D eigenvalue weighted by Gasteiger charge is -2.36. The predicted octanol–water partition coefficient (Wildman–Crippen LogP) is 4.52. The molecule has 0 radical (unpaired) electrons. The Morgan fingerprint density at radius 2 is 1.94 bits per heavy atom. The Bertz CT molecular complexity index is 1200. The molecule has 3 heterocycles. The molecule has 8 heteroatoms. The SMILES string of the molecule is O=C(N[C@H]1CC[C@@]2(CCN(c3ccc(F)cc3Cl)C2=O)CC1)c1ccnc2cccnc12. The molecule has 2 amide bonds. The van der Waals surface area contributed by atoms with Gasteiger partial charge in [0.15, 0.2) is 0 Å². The quantitative estimate of drug-likeness (QED) is 0.634. The van der Waals surface area contributed by atoms with E-state index in [4.69, 9.17) is 11.6 Å². The molecule has 0 atom stereocenters. The van der Waals surface area contributed by atoms with Crippen molar-refractivity contribution < 1.29 is 14.0 Å². The average molecular weight is 453 g/mol. The van der Waals surface area contributed by atoms with E-state index in [0.29, 0.717) is 41.7 Å². The molecule has 1 aromatic carbocycles. The summed E-state index contributed by atoms with van der Waals surface area (Å²) in [5.41, 5.74) is 1.88. The molecule has 2 fully saturated rings. The summed E-state index contributed by atoms with van der Waals surface area (Å²) in [6.45, 7) is 0.565. The van der Waals surface area contributed by atoms with Crippen LogP contribution >= 0.6 is 11.6 Å². The van der Waals surface area contributed by atoms with Crippen LogP contribution in [0, 0.1) is 11.2 Å². The van der Waals surface area contributed by atoms with Crippen LogP contribution < -0.4 is 10.2 Å². The summed E-state index contributed by atoms with van der Waals surface area (Å²) in [6.07, 6.45) is 6.83. The van der Waals surface area contributed by atoms with Gasteiger partial charge in [0.2, 0.25) is 5.91 Å². The van der Waals surface area contributed by atoms with E-state index in [9.17, 15) is 14.0 Å². The number of anilines is 1. The number of nitrogens with zero attached hydrogens (tertiary/aromatic N) is 3. The fourth-order valence-corrected chi connectivity index (χ4v) is 5.22. The molecule has 1 saturated heterocycles. The number of fused-ring (bicyclic) bond motifs is 1. The molecule has 1 aliphatic heterocycles. The number of carbonyl (C=O) groups excluding carboxylic acids is 2. The number of hydrogen-bond donors (Lipinski definition) is 1. The van der Waals surface area contributed by atoms with Crippen LogP contribution in [0.2, 0.25) is 5.02 Å². The zero-order valence-corrected chi connectivity index (χ0v) is 18.1. The lowest BCUT2D eigenvalue weighted by atomic mass is 9.71. The van der Waals surface area contributed by atoms with Gasteiger partial charge < -0.3 is 10.2 Å². The van der Waals surface area contributed by atoms with Crippen LogP contribution in [0.4, 0.5) is 10.1 Å². The second kappa shape index (κ2) is 8.13. The van der Waals surface area contributed by atoms with E-state index in [-0.39, 0.29) is 22.9 Å². The summed E-state index contributed by atoms with van der Waals surface area (Å²) in [6, 6.07) is 9.42. The summed E-state index contributed by atoms with van der Waals surface area (Å²) in [7, 11) is 0. The van der Waals surface area contributed by atoms with Crippen molar-refractivity contribution >= 4 is 40.1 Å². The number of amides is 2. The van der Waals surface area contributed by atoms with Crippen molar-refractivity contribution in [1.29, 1.82) is 0 Å². The summed E-state index contributed by atoms with van der Waals surface area (Å²) >= 11 is 6.19. The van der Waals surface area contributed by atoms with Crippen molar-refractivity contribution in [3.8, 4) is 0 Å². The van der Waals surface area contributed by atoms with Crippen LogP contribution in [0.5, 0.6) is 0 Å². The fraction of sp³-hybridized carbons (Fsp3) is 0.333. The maximum absolute atomic E-state index is 13.4. The van der Waals surface area contributed by atoms with Crippen LogP contribution in [0.1, 0.15) is 42.5 Å². The smallest absolute Gasteiger partial charge is 0.253 e. The van der Waals surface area contributed by atoms with E-state index in [0.717, 1.165) is 19.3 Å². The molecule has 164 valence electrons. The lowest BCUT2D eigenvalue weighted by Crippen LogP contribution is -2.44. The van der Waals surface area contributed by atoms with E-state index < -0.39 is 11.2 Å². The number of benzene rings is 1. The Labute approximate surface area is 189 Å². The molecule has 1 aliphatic carbocycles. The number of pyridine rings is 2. The van der Waals surface area contributed by atoms with Gasteiger partial charge in [-0.1, -0.05) is 11.6 Å². The summed E-state index contributed by atoms with van der Waals surface area (Å²) in [4.78, 5) is 36.4. The highest BCUT2D eigenvalue weighted by Crippen LogP contribution is 2.47. The first kappa shape index (κ1) is 20.8. The Hall–Kier alpha value is -3.06. The van der Waals surface area contributed by atoms with E-state index >= 15 is 0 Å². The van der Waals surface area contributed by atoms with Crippen molar-refractivity contribution in [2.45, 2.75) is 38.1 Å². The summed E-state index contributed by atoms with van der Waals surface area (Å²) in [5.74, 6) is -0.553. The normalized spacial score (nSPS) is 23.1. The molecule has 0 bridgehead atoms. The number of rotatable bonds is 3. The molecule has 5 rings (SSSR count). The van der Waals surface area contributed by atoms with Gasteiger partial charge in [0, 0.05) is 25.0 Å². The van der Waals surface area contributed by atoms with E-state index in [2.05, 4.69) is 15.3 Å². The Kier molecular flexibility index (Phi) is 5.29. The Morgan fingerprint density at radius 1 is 1.12 bits per heavy atom. The third-order valence-corrected chi connectivity index (χ3v) is 7.03. The molecule has 1 N–H and O–H groups in total. The minimum atomic E-state index is -0.441. The Morgan fingerprint density at radius 3 is 2.72 bits per heavy atom. The summed E-state index contributed by atoms with van der Waals surface area (Å²) < 4.78 is 13.4. The topological polar surface area (TPSA) is 75.2 Å².